The van der Waals surface area contributed by atoms with Gasteiger partial charge in [0.25, 0.3) is 0 Å². The molecule has 0 atom stereocenters. The highest BCUT2D eigenvalue weighted by molar-refractivity contribution is 5.58. The van der Waals surface area contributed by atoms with Gasteiger partial charge in [-0.1, -0.05) is 12.1 Å². The van der Waals surface area contributed by atoms with Gasteiger partial charge in [0.15, 0.2) is 0 Å². The highest BCUT2D eigenvalue weighted by Gasteiger charge is 2.05. The number of hydrogen-bond donors (Lipinski definition) is 1. The van der Waals surface area contributed by atoms with Crippen LogP contribution in [0.2, 0.25) is 0 Å². The largest absolute Gasteiger partial charge is 0.371 e. The molecule has 0 aromatic heterocycles. The second kappa shape index (κ2) is 5.22. The summed E-state index contributed by atoms with van der Waals surface area (Å²) in [6, 6.07) is 9.57. The molecule has 0 amide bonds. The van der Waals surface area contributed by atoms with Gasteiger partial charge in [-0.15, -0.1) is 0 Å². The number of benzene rings is 1. The summed E-state index contributed by atoms with van der Waals surface area (Å²) >= 11 is 0. The van der Waals surface area contributed by atoms with Crippen LogP contribution in [-0.2, 0) is 4.84 Å². The van der Waals surface area contributed by atoms with Crippen LogP contribution in [0.25, 0.3) is 0 Å². The monoisotopic (exact) mass is 191 g/mol. The van der Waals surface area contributed by atoms with Crippen molar-refractivity contribution in [1.29, 1.82) is 5.26 Å². The van der Waals surface area contributed by atoms with Gasteiger partial charge in [0.2, 0.25) is 0 Å². The van der Waals surface area contributed by atoms with Crippen molar-refractivity contribution >= 4 is 5.69 Å². The van der Waals surface area contributed by atoms with E-state index in [1.807, 2.05) is 30.1 Å². The van der Waals surface area contributed by atoms with Gasteiger partial charge in [-0.25, -0.2) is 5.90 Å². The predicted molar refractivity (Wildman–Crippen MR) is 54.6 cm³/mol. The van der Waals surface area contributed by atoms with E-state index in [1.165, 1.54) is 0 Å². The standard InChI is InChI=1S/C10H13N3O/c1-13(6-7-14-12)10-5-3-2-4-9(10)8-11/h2-5H,6-7,12H2,1H3. The van der Waals surface area contributed by atoms with E-state index in [1.54, 1.807) is 6.07 Å². The number of hydrogen-bond acceptors (Lipinski definition) is 4. The Morgan fingerprint density at radius 3 is 2.86 bits per heavy atom. The van der Waals surface area contributed by atoms with Gasteiger partial charge in [-0.05, 0) is 12.1 Å². The van der Waals surface area contributed by atoms with Crippen molar-refractivity contribution < 1.29 is 4.84 Å². The fourth-order valence-corrected chi connectivity index (χ4v) is 1.21. The number of nitrogens with two attached hydrogens (primary N) is 1. The number of nitriles is 1. The Morgan fingerprint density at radius 1 is 1.50 bits per heavy atom. The summed E-state index contributed by atoms with van der Waals surface area (Å²) in [5.74, 6) is 4.93. The van der Waals surface area contributed by atoms with Crippen molar-refractivity contribution in [1.82, 2.24) is 0 Å². The summed E-state index contributed by atoms with van der Waals surface area (Å²) < 4.78 is 0. The molecule has 0 heterocycles. The van der Waals surface area contributed by atoms with E-state index < -0.39 is 0 Å². The molecular weight excluding hydrogens is 178 g/mol. The maximum Gasteiger partial charge on any atom is 0.101 e. The van der Waals surface area contributed by atoms with E-state index in [2.05, 4.69) is 10.9 Å². The zero-order chi connectivity index (χ0) is 10.4. The van der Waals surface area contributed by atoms with E-state index in [4.69, 9.17) is 11.2 Å². The van der Waals surface area contributed by atoms with Crippen LogP contribution >= 0.6 is 0 Å². The van der Waals surface area contributed by atoms with Crippen LogP contribution in [0, 0.1) is 11.3 Å². The highest BCUT2D eigenvalue weighted by Crippen LogP contribution is 2.17. The summed E-state index contributed by atoms with van der Waals surface area (Å²) in [5, 5.41) is 8.86. The number of anilines is 1. The molecule has 0 saturated carbocycles. The molecule has 0 unspecified atom stereocenters. The lowest BCUT2D eigenvalue weighted by Crippen LogP contribution is -2.24. The summed E-state index contributed by atoms with van der Waals surface area (Å²) in [4.78, 5) is 6.42. The maximum absolute atomic E-state index is 8.86. The van der Waals surface area contributed by atoms with E-state index in [-0.39, 0.29) is 0 Å². The normalized spacial score (nSPS) is 9.50. The second-order valence-corrected chi connectivity index (χ2v) is 2.92. The lowest BCUT2D eigenvalue weighted by molar-refractivity contribution is 0.145. The molecular formula is C10H13N3O. The molecule has 1 aromatic carbocycles. The molecule has 74 valence electrons. The second-order valence-electron chi connectivity index (χ2n) is 2.92. The Morgan fingerprint density at radius 2 is 2.21 bits per heavy atom. The zero-order valence-corrected chi connectivity index (χ0v) is 8.10. The molecule has 0 bridgehead atoms. The Kier molecular flexibility index (Phi) is 3.92. The third kappa shape index (κ3) is 2.46. The van der Waals surface area contributed by atoms with Gasteiger partial charge in [-0.3, -0.25) is 0 Å². The van der Waals surface area contributed by atoms with E-state index >= 15 is 0 Å². The number of para-hydroxylation sites is 1. The van der Waals surface area contributed by atoms with Crippen molar-refractivity contribution in [2.45, 2.75) is 0 Å². The van der Waals surface area contributed by atoms with E-state index in [0.29, 0.717) is 18.7 Å². The van der Waals surface area contributed by atoms with Gasteiger partial charge >= 0.3 is 0 Å². The molecule has 0 radical (unpaired) electrons. The first-order valence-corrected chi connectivity index (χ1v) is 4.31. The van der Waals surface area contributed by atoms with Crippen molar-refractivity contribution in [3.05, 3.63) is 29.8 Å². The first kappa shape index (κ1) is 10.5. The molecule has 0 spiro atoms. The molecule has 4 nitrogen and oxygen atoms in total. The Bertz CT molecular complexity index is 332. The minimum atomic E-state index is 0.441. The molecule has 2 N–H and O–H groups in total. The van der Waals surface area contributed by atoms with E-state index in [9.17, 15) is 0 Å². The topological polar surface area (TPSA) is 62.3 Å². The lowest BCUT2D eigenvalue weighted by atomic mass is 10.2. The zero-order valence-electron chi connectivity index (χ0n) is 8.10. The molecule has 0 aliphatic rings. The maximum atomic E-state index is 8.86. The van der Waals surface area contributed by atoms with Crippen LogP contribution in [-0.4, -0.2) is 20.2 Å². The molecule has 4 heteroatoms. The smallest absolute Gasteiger partial charge is 0.101 e. The van der Waals surface area contributed by atoms with Gasteiger partial charge in [0, 0.05) is 13.6 Å². The van der Waals surface area contributed by atoms with Crippen LogP contribution < -0.4 is 10.8 Å². The SMILES string of the molecule is CN(CCON)c1ccccc1C#N. The third-order valence-electron chi connectivity index (χ3n) is 1.98. The molecule has 0 aliphatic heterocycles. The van der Waals surface area contributed by atoms with Crippen molar-refractivity contribution in [2.75, 3.05) is 25.1 Å². The van der Waals surface area contributed by atoms with Crippen molar-refractivity contribution in [3.63, 3.8) is 0 Å². The molecule has 1 aromatic rings. The molecule has 14 heavy (non-hydrogen) atoms. The van der Waals surface area contributed by atoms with Crippen LogP contribution in [0.4, 0.5) is 5.69 Å². The fraction of sp³-hybridized carbons (Fsp3) is 0.300. The summed E-state index contributed by atoms with van der Waals surface area (Å²) in [7, 11) is 1.90. The summed E-state index contributed by atoms with van der Waals surface area (Å²) in [6.07, 6.45) is 0. The third-order valence-corrected chi connectivity index (χ3v) is 1.98. The Labute approximate surface area is 83.5 Å². The average molecular weight is 191 g/mol. The van der Waals surface area contributed by atoms with Crippen molar-refractivity contribution in [3.8, 4) is 6.07 Å². The summed E-state index contributed by atoms with van der Waals surface area (Å²) in [5.41, 5.74) is 1.55. The molecule has 0 fully saturated rings. The van der Waals surface area contributed by atoms with Gasteiger partial charge < -0.3 is 9.74 Å². The van der Waals surface area contributed by atoms with Crippen LogP contribution in [0.3, 0.4) is 0 Å². The van der Waals surface area contributed by atoms with Gasteiger partial charge in [0.05, 0.1) is 17.9 Å². The number of likely N-dealkylation sites (N-methyl/N-ethyl adjacent to an activating group) is 1. The van der Waals surface area contributed by atoms with E-state index in [0.717, 1.165) is 5.69 Å². The van der Waals surface area contributed by atoms with Gasteiger partial charge in [-0.2, -0.15) is 5.26 Å². The fourth-order valence-electron chi connectivity index (χ4n) is 1.21. The quantitative estimate of drug-likeness (QED) is 0.718. The Hall–Kier alpha value is -1.57. The molecule has 1 rings (SSSR count). The molecule has 0 aliphatic carbocycles. The van der Waals surface area contributed by atoms with Gasteiger partial charge in [0.1, 0.15) is 6.07 Å². The Balaban J connectivity index is 2.79. The molecule has 0 saturated heterocycles. The van der Waals surface area contributed by atoms with Crippen LogP contribution in [0.15, 0.2) is 24.3 Å². The van der Waals surface area contributed by atoms with Crippen molar-refractivity contribution in [2.24, 2.45) is 5.90 Å². The number of nitrogens with zero attached hydrogens (tertiary/aromatic N) is 2. The predicted octanol–water partition coefficient (Wildman–Crippen LogP) is 0.885. The average Bonchev–Trinajstić information content (AvgIpc) is 2.25. The first-order chi connectivity index (χ1) is 6.79. The minimum Gasteiger partial charge on any atom is -0.371 e. The lowest BCUT2D eigenvalue weighted by Gasteiger charge is -2.19. The minimum absolute atomic E-state index is 0.441. The highest BCUT2D eigenvalue weighted by atomic mass is 16.6. The van der Waals surface area contributed by atoms with Crippen LogP contribution in [0.1, 0.15) is 5.56 Å². The number of rotatable bonds is 4. The first-order valence-electron chi connectivity index (χ1n) is 4.31. The van der Waals surface area contributed by atoms with Crippen LogP contribution in [0.5, 0.6) is 0 Å². The summed E-state index contributed by atoms with van der Waals surface area (Å²) in [6.45, 7) is 1.10.